The van der Waals surface area contributed by atoms with Crippen molar-refractivity contribution in [2.24, 2.45) is 0 Å². The van der Waals surface area contributed by atoms with Crippen LogP contribution in [0.2, 0.25) is 0 Å². The van der Waals surface area contributed by atoms with Crippen molar-refractivity contribution < 1.29 is 13.9 Å². The molecule has 0 spiro atoms. The zero-order chi connectivity index (χ0) is 21.8. The summed E-state index contributed by atoms with van der Waals surface area (Å²) < 4.78 is 18.5. The maximum Gasteiger partial charge on any atom is 0.322 e. The fraction of sp³-hybridized carbons (Fsp3) is 0.333. The number of benzene rings is 2. The number of aromatic nitrogens is 1. The van der Waals surface area contributed by atoms with Gasteiger partial charge in [0.2, 0.25) is 0 Å². The van der Waals surface area contributed by atoms with E-state index in [1.165, 1.54) is 24.3 Å². The van der Waals surface area contributed by atoms with Gasteiger partial charge in [0.15, 0.2) is 0 Å². The first-order valence-corrected chi connectivity index (χ1v) is 10.6. The average Bonchev–Trinajstić information content (AvgIpc) is 2.79. The van der Waals surface area contributed by atoms with Crippen LogP contribution in [0.3, 0.4) is 0 Å². The van der Waals surface area contributed by atoms with Gasteiger partial charge in [0, 0.05) is 28.2 Å². The molecule has 0 radical (unpaired) electrons. The maximum atomic E-state index is 13.2. The summed E-state index contributed by atoms with van der Waals surface area (Å²) in [4.78, 5) is 30.5. The van der Waals surface area contributed by atoms with Crippen molar-refractivity contribution in [1.29, 1.82) is 0 Å². The fourth-order valence-corrected chi connectivity index (χ4v) is 4.15. The molecule has 7 heteroatoms. The number of carbonyl (C=O) groups is 1. The average molecular weight is 423 g/mol. The van der Waals surface area contributed by atoms with Gasteiger partial charge in [0.05, 0.1) is 13.7 Å². The third-order valence-corrected chi connectivity index (χ3v) is 5.84. The minimum atomic E-state index is -0.361. The van der Waals surface area contributed by atoms with E-state index in [4.69, 9.17) is 4.74 Å². The van der Waals surface area contributed by atoms with Crippen LogP contribution in [0.25, 0.3) is 10.9 Å². The van der Waals surface area contributed by atoms with Gasteiger partial charge in [-0.25, -0.2) is 9.18 Å². The van der Waals surface area contributed by atoms with Gasteiger partial charge in [0.1, 0.15) is 11.6 Å². The lowest BCUT2D eigenvalue weighted by atomic mass is 9.94. The van der Waals surface area contributed by atoms with Crippen LogP contribution in [0.5, 0.6) is 5.75 Å². The van der Waals surface area contributed by atoms with Crippen molar-refractivity contribution >= 4 is 22.6 Å². The lowest BCUT2D eigenvalue weighted by Gasteiger charge is -2.34. The number of fused-ring (bicyclic) bond motifs is 1. The van der Waals surface area contributed by atoms with E-state index >= 15 is 0 Å². The zero-order valence-electron chi connectivity index (χ0n) is 17.5. The molecule has 0 atom stereocenters. The SMILES string of the molecule is COc1ccc2[nH]c(=O)c(CN(C(=O)Nc3ccc(F)cc3)C3CCCCC3)cc2c1. The number of anilines is 1. The molecule has 1 aliphatic carbocycles. The highest BCUT2D eigenvalue weighted by molar-refractivity contribution is 5.89. The predicted molar refractivity (Wildman–Crippen MR) is 119 cm³/mol. The van der Waals surface area contributed by atoms with Crippen molar-refractivity contribution in [2.75, 3.05) is 12.4 Å². The molecule has 2 aromatic carbocycles. The second kappa shape index (κ2) is 9.20. The molecule has 2 N–H and O–H groups in total. The Balaban J connectivity index is 1.63. The van der Waals surface area contributed by atoms with E-state index in [-0.39, 0.29) is 30.0 Å². The first kappa shape index (κ1) is 20.9. The molecular formula is C24H26FN3O3. The van der Waals surface area contributed by atoms with Crippen molar-refractivity contribution in [3.05, 3.63) is 70.3 Å². The summed E-state index contributed by atoms with van der Waals surface area (Å²) in [7, 11) is 1.60. The third kappa shape index (κ3) is 4.87. The molecular weight excluding hydrogens is 397 g/mol. The molecule has 3 aromatic rings. The maximum absolute atomic E-state index is 13.2. The van der Waals surface area contributed by atoms with E-state index in [1.54, 1.807) is 24.1 Å². The molecule has 1 saturated carbocycles. The molecule has 162 valence electrons. The van der Waals surface area contributed by atoms with Crippen LogP contribution in [0.15, 0.2) is 53.3 Å². The molecule has 1 aliphatic rings. The molecule has 0 bridgehead atoms. The minimum absolute atomic E-state index is 0.0506. The smallest absolute Gasteiger partial charge is 0.322 e. The molecule has 4 rings (SSSR count). The molecule has 0 saturated heterocycles. The first-order chi connectivity index (χ1) is 15.0. The summed E-state index contributed by atoms with van der Waals surface area (Å²) in [5.74, 6) is 0.337. The molecule has 0 aliphatic heterocycles. The number of nitrogens with zero attached hydrogens (tertiary/aromatic N) is 1. The Morgan fingerprint density at radius 1 is 1.13 bits per heavy atom. The van der Waals surface area contributed by atoms with Crippen LogP contribution >= 0.6 is 0 Å². The Kier molecular flexibility index (Phi) is 6.21. The topological polar surface area (TPSA) is 74.4 Å². The molecule has 1 heterocycles. The van der Waals surface area contributed by atoms with Gasteiger partial charge in [0.25, 0.3) is 5.56 Å². The van der Waals surface area contributed by atoms with Crippen molar-refractivity contribution in [3.8, 4) is 5.75 Å². The Morgan fingerprint density at radius 2 is 1.87 bits per heavy atom. The number of hydrogen-bond acceptors (Lipinski definition) is 3. The van der Waals surface area contributed by atoms with Gasteiger partial charge >= 0.3 is 6.03 Å². The second-order valence-electron chi connectivity index (χ2n) is 7.93. The summed E-state index contributed by atoms with van der Waals surface area (Å²) in [6.07, 6.45) is 5.05. The number of pyridine rings is 1. The molecule has 2 amide bonds. The van der Waals surface area contributed by atoms with Gasteiger partial charge < -0.3 is 19.9 Å². The highest BCUT2D eigenvalue weighted by Gasteiger charge is 2.26. The lowest BCUT2D eigenvalue weighted by Crippen LogP contribution is -2.44. The van der Waals surface area contributed by atoms with Gasteiger partial charge in [-0.05, 0) is 61.4 Å². The van der Waals surface area contributed by atoms with E-state index in [0.29, 0.717) is 17.0 Å². The zero-order valence-corrected chi connectivity index (χ0v) is 17.5. The van der Waals surface area contributed by atoms with Crippen LogP contribution in [0, 0.1) is 5.82 Å². The standard InChI is InChI=1S/C24H26FN3O3/c1-31-21-11-12-22-16(14-21)13-17(23(29)27-22)15-28(20-5-3-2-4-6-20)24(30)26-19-9-7-18(25)8-10-19/h7-14,20H,2-6,15H2,1H3,(H,26,30)(H,27,29). The van der Waals surface area contributed by atoms with E-state index in [2.05, 4.69) is 10.3 Å². The molecule has 31 heavy (non-hydrogen) atoms. The van der Waals surface area contributed by atoms with E-state index < -0.39 is 0 Å². The van der Waals surface area contributed by atoms with Crippen LogP contribution in [0.1, 0.15) is 37.7 Å². The Bertz CT molecular complexity index is 1120. The number of halogens is 1. The number of amides is 2. The Labute approximate surface area is 180 Å². The van der Waals surface area contributed by atoms with Gasteiger partial charge in [-0.15, -0.1) is 0 Å². The quantitative estimate of drug-likeness (QED) is 0.604. The number of methoxy groups -OCH3 is 1. The number of ether oxygens (including phenoxy) is 1. The third-order valence-electron chi connectivity index (χ3n) is 5.84. The highest BCUT2D eigenvalue weighted by atomic mass is 19.1. The number of H-pyrrole nitrogens is 1. The van der Waals surface area contributed by atoms with Crippen molar-refractivity contribution in [2.45, 2.75) is 44.7 Å². The number of hydrogen-bond donors (Lipinski definition) is 2. The predicted octanol–water partition coefficient (Wildman–Crippen LogP) is 5.04. The highest BCUT2D eigenvalue weighted by Crippen LogP contribution is 2.26. The molecule has 0 unspecified atom stereocenters. The number of aromatic amines is 1. The van der Waals surface area contributed by atoms with Crippen molar-refractivity contribution in [1.82, 2.24) is 9.88 Å². The first-order valence-electron chi connectivity index (χ1n) is 10.6. The number of rotatable bonds is 5. The van der Waals surface area contributed by atoms with Gasteiger partial charge in [-0.2, -0.15) is 0 Å². The van der Waals surface area contributed by atoms with Crippen molar-refractivity contribution in [3.63, 3.8) is 0 Å². The summed E-state index contributed by atoms with van der Waals surface area (Å²) in [5, 5.41) is 3.69. The Morgan fingerprint density at radius 3 is 2.58 bits per heavy atom. The largest absolute Gasteiger partial charge is 0.497 e. The van der Waals surface area contributed by atoms with Gasteiger partial charge in [-0.3, -0.25) is 4.79 Å². The number of urea groups is 1. The van der Waals surface area contributed by atoms with Gasteiger partial charge in [-0.1, -0.05) is 19.3 Å². The van der Waals surface area contributed by atoms with E-state index in [9.17, 15) is 14.0 Å². The van der Waals surface area contributed by atoms with Crippen LogP contribution < -0.4 is 15.6 Å². The molecule has 1 aromatic heterocycles. The number of carbonyl (C=O) groups excluding carboxylic acids is 1. The summed E-state index contributed by atoms with van der Waals surface area (Å²) >= 11 is 0. The van der Waals surface area contributed by atoms with E-state index in [1.807, 2.05) is 12.1 Å². The summed E-state index contributed by atoms with van der Waals surface area (Å²) in [6, 6.07) is 12.7. The Hall–Kier alpha value is -3.35. The minimum Gasteiger partial charge on any atom is -0.497 e. The van der Waals surface area contributed by atoms with E-state index in [0.717, 1.165) is 43.0 Å². The lowest BCUT2D eigenvalue weighted by molar-refractivity contribution is 0.162. The summed E-state index contributed by atoms with van der Waals surface area (Å²) in [6.45, 7) is 0.195. The second-order valence-corrected chi connectivity index (χ2v) is 7.93. The fourth-order valence-electron chi connectivity index (χ4n) is 4.15. The molecule has 1 fully saturated rings. The number of nitrogens with one attached hydrogen (secondary N) is 2. The van der Waals surface area contributed by atoms with Crippen LogP contribution in [0.4, 0.5) is 14.9 Å². The van der Waals surface area contributed by atoms with Crippen LogP contribution in [-0.2, 0) is 6.54 Å². The normalized spacial score (nSPS) is 14.4. The monoisotopic (exact) mass is 423 g/mol. The molecule has 6 nitrogen and oxygen atoms in total. The summed E-state index contributed by atoms with van der Waals surface area (Å²) in [5.41, 5.74) is 1.53. The van der Waals surface area contributed by atoms with Crippen LogP contribution in [-0.4, -0.2) is 29.1 Å².